The molecule has 1 rings (SSSR count). The number of hydrogen-bond acceptors (Lipinski definition) is 7. The normalized spacial score (nSPS) is 15.6. The fraction of sp³-hybridized carbons (Fsp3) is 0.588. The van der Waals surface area contributed by atoms with Gasteiger partial charge in [-0.1, -0.05) is 12.1 Å². The first-order valence-electron chi connectivity index (χ1n) is 8.48. The van der Waals surface area contributed by atoms with Gasteiger partial charge in [0, 0.05) is 32.0 Å². The molecule has 148 valence electrons. The van der Waals surface area contributed by atoms with Crippen LogP contribution in [0.3, 0.4) is 0 Å². The summed E-state index contributed by atoms with van der Waals surface area (Å²) < 4.78 is 22.5. The molecular formula is C17H27LiNO7P. The molecule has 0 bridgehead atoms. The van der Waals surface area contributed by atoms with Crippen LogP contribution in [-0.2, 0) is 14.0 Å². The van der Waals surface area contributed by atoms with Crippen molar-refractivity contribution in [2.24, 2.45) is 0 Å². The average Bonchev–Trinajstić information content (AvgIpc) is 2.59. The Morgan fingerprint density at radius 2 is 1.89 bits per heavy atom. The summed E-state index contributed by atoms with van der Waals surface area (Å²) in [6.07, 6.45) is -1.63. The number of aliphatic hydroxyl groups is 1. The van der Waals surface area contributed by atoms with E-state index in [1.807, 2.05) is 0 Å². The third-order valence-electron chi connectivity index (χ3n) is 3.70. The molecule has 1 aromatic carbocycles. The van der Waals surface area contributed by atoms with Gasteiger partial charge in [0.05, 0.1) is 19.0 Å². The molecule has 0 spiro atoms. The van der Waals surface area contributed by atoms with Crippen molar-refractivity contribution in [3.8, 4) is 0 Å². The van der Waals surface area contributed by atoms with E-state index in [0.717, 1.165) is 5.56 Å². The maximum absolute atomic E-state index is 12.3. The number of ether oxygens (including phenoxy) is 2. The first-order chi connectivity index (χ1) is 12.2. The molecule has 1 aromatic rings. The van der Waals surface area contributed by atoms with E-state index in [-0.39, 0.29) is 50.2 Å². The second-order valence-electron chi connectivity index (χ2n) is 5.84. The van der Waals surface area contributed by atoms with Crippen LogP contribution in [0.5, 0.6) is 0 Å². The molecule has 0 aromatic heterocycles. The van der Waals surface area contributed by atoms with Crippen LogP contribution in [-0.4, -0.2) is 54.2 Å². The van der Waals surface area contributed by atoms with Gasteiger partial charge in [0.15, 0.2) is 6.03 Å². The number of nitrogens with one attached hydrogen (secondary N) is 1. The Kier molecular flexibility index (Phi) is 12.4. The van der Waals surface area contributed by atoms with Crippen LogP contribution in [0.1, 0.15) is 42.7 Å². The number of carboxylic acid groups (broad SMARTS) is 1. The number of carboxylic acids is 1. The van der Waals surface area contributed by atoms with Gasteiger partial charge in [0.25, 0.3) is 0 Å². The third kappa shape index (κ3) is 8.90. The van der Waals surface area contributed by atoms with Crippen LogP contribution in [0, 0.1) is 0 Å². The summed E-state index contributed by atoms with van der Waals surface area (Å²) >= 11 is 0. The van der Waals surface area contributed by atoms with Gasteiger partial charge in [-0.05, 0) is 38.5 Å². The molecule has 0 saturated heterocycles. The van der Waals surface area contributed by atoms with E-state index in [1.165, 1.54) is 12.1 Å². The molecular weight excluding hydrogens is 368 g/mol. The number of hydrogen-bond donors (Lipinski definition) is 3. The summed E-state index contributed by atoms with van der Waals surface area (Å²) in [6.45, 7) is 5.52. The van der Waals surface area contributed by atoms with E-state index in [2.05, 4.69) is 5.32 Å². The smallest absolute Gasteiger partial charge is 0.796 e. The molecule has 0 aliphatic carbocycles. The van der Waals surface area contributed by atoms with E-state index < -0.39 is 31.6 Å². The second-order valence-corrected chi connectivity index (χ2v) is 8.08. The minimum absolute atomic E-state index is 0. The molecule has 1 unspecified atom stereocenters. The largest absolute Gasteiger partial charge is 1.00 e. The molecule has 10 heteroatoms. The minimum atomic E-state index is -4.11. The SMILES string of the molecule is CCOC(OCC)P(=O)([O-])C[C@@H](O)CN[C@@H](C)c1cccc(C(=O)O)c1.[Li+]. The van der Waals surface area contributed by atoms with Crippen molar-refractivity contribution in [3.63, 3.8) is 0 Å². The molecule has 0 radical (unpaired) electrons. The summed E-state index contributed by atoms with van der Waals surface area (Å²) in [7, 11) is -4.11. The van der Waals surface area contributed by atoms with Crippen molar-refractivity contribution in [2.45, 2.75) is 38.9 Å². The topological polar surface area (TPSA) is 128 Å². The Morgan fingerprint density at radius 1 is 1.30 bits per heavy atom. The zero-order valence-electron chi connectivity index (χ0n) is 16.3. The predicted octanol–water partition coefficient (Wildman–Crippen LogP) is -1.60. The maximum atomic E-state index is 12.3. The third-order valence-corrected chi connectivity index (χ3v) is 5.57. The number of aromatic carboxylic acids is 1. The van der Waals surface area contributed by atoms with E-state index >= 15 is 0 Å². The molecule has 0 aliphatic rings. The maximum Gasteiger partial charge on any atom is 1.00 e. The second kappa shape index (κ2) is 12.7. The van der Waals surface area contributed by atoms with Gasteiger partial charge in [-0.25, -0.2) is 4.79 Å². The zero-order chi connectivity index (χ0) is 19.7. The van der Waals surface area contributed by atoms with Crippen molar-refractivity contribution in [1.82, 2.24) is 5.32 Å². The summed E-state index contributed by atoms with van der Waals surface area (Å²) in [5.74, 6) is -1.02. The number of carbonyl (C=O) groups is 1. The van der Waals surface area contributed by atoms with Crippen LogP contribution in [0.25, 0.3) is 0 Å². The molecule has 27 heavy (non-hydrogen) atoms. The quantitative estimate of drug-likeness (QED) is 0.219. The zero-order valence-corrected chi connectivity index (χ0v) is 17.1. The van der Waals surface area contributed by atoms with Crippen LogP contribution in [0.4, 0.5) is 0 Å². The fourth-order valence-corrected chi connectivity index (χ4v) is 4.02. The minimum Gasteiger partial charge on any atom is -0.796 e. The summed E-state index contributed by atoms with van der Waals surface area (Å²) in [6, 6.07) is 4.79. The van der Waals surface area contributed by atoms with E-state index in [0.29, 0.717) is 0 Å². The van der Waals surface area contributed by atoms with Gasteiger partial charge >= 0.3 is 24.8 Å². The Morgan fingerprint density at radius 3 is 2.41 bits per heavy atom. The Hall–Kier alpha value is -0.683. The standard InChI is InChI=1S/C17H28NO7P.Li/c1-4-24-17(25-5-2)26(22,23)11-15(19)10-18-12(3)13-7-6-8-14(9-13)16(20)21;/h6-9,12,15,17-19H,4-5,10-11H2,1-3H3,(H,20,21)(H,22,23);/q;+1/p-1/t12-,15-;/m0./s1. The molecule has 0 saturated carbocycles. The molecule has 8 nitrogen and oxygen atoms in total. The molecule has 3 N–H and O–H groups in total. The van der Waals surface area contributed by atoms with Gasteiger partial charge in [-0.2, -0.15) is 0 Å². The molecule has 3 atom stereocenters. The molecule has 0 amide bonds. The molecule has 0 fully saturated rings. The van der Waals surface area contributed by atoms with Gasteiger partial charge < -0.3 is 34.5 Å². The average molecular weight is 395 g/mol. The summed E-state index contributed by atoms with van der Waals surface area (Å²) in [4.78, 5) is 23.3. The van der Waals surface area contributed by atoms with Gasteiger partial charge in [-0.3, -0.25) is 0 Å². The van der Waals surface area contributed by atoms with Crippen LogP contribution in [0.15, 0.2) is 24.3 Å². The van der Waals surface area contributed by atoms with E-state index in [9.17, 15) is 19.4 Å². The monoisotopic (exact) mass is 395 g/mol. The number of benzene rings is 1. The Labute approximate surface area is 171 Å². The van der Waals surface area contributed by atoms with Crippen LogP contribution >= 0.6 is 7.37 Å². The number of rotatable bonds is 12. The van der Waals surface area contributed by atoms with Crippen LogP contribution < -0.4 is 29.1 Å². The first kappa shape index (κ1) is 26.3. The fourth-order valence-electron chi connectivity index (χ4n) is 2.38. The first-order valence-corrected chi connectivity index (χ1v) is 10.4. The van der Waals surface area contributed by atoms with Crippen molar-refractivity contribution < 1.29 is 52.8 Å². The van der Waals surface area contributed by atoms with E-state index in [4.69, 9.17) is 14.6 Å². The van der Waals surface area contributed by atoms with Crippen LogP contribution in [0.2, 0.25) is 0 Å². The van der Waals surface area contributed by atoms with E-state index in [1.54, 1.807) is 32.9 Å². The van der Waals surface area contributed by atoms with Crippen molar-refractivity contribution in [2.75, 3.05) is 25.9 Å². The van der Waals surface area contributed by atoms with Crippen molar-refractivity contribution in [3.05, 3.63) is 35.4 Å². The summed E-state index contributed by atoms with van der Waals surface area (Å²) in [5.41, 5.74) is 0.890. The Bertz CT molecular complexity index is 625. The van der Waals surface area contributed by atoms with Gasteiger partial charge in [0.1, 0.15) is 0 Å². The van der Waals surface area contributed by atoms with Gasteiger partial charge in [0.2, 0.25) is 0 Å². The van der Waals surface area contributed by atoms with Crippen molar-refractivity contribution in [1.29, 1.82) is 0 Å². The van der Waals surface area contributed by atoms with Crippen molar-refractivity contribution >= 4 is 13.3 Å². The number of aliphatic hydroxyl groups excluding tert-OH is 1. The molecule has 0 aliphatic heterocycles. The van der Waals surface area contributed by atoms with Gasteiger partial charge in [-0.15, -0.1) is 0 Å². The molecule has 0 heterocycles. The summed E-state index contributed by atoms with van der Waals surface area (Å²) in [5, 5.41) is 22.1. The Balaban J connectivity index is 0.00000676. The predicted molar refractivity (Wildman–Crippen MR) is 95.3 cm³/mol.